The summed E-state index contributed by atoms with van der Waals surface area (Å²) in [6.45, 7) is 0. The number of nitrogens with zero attached hydrogens (tertiary/aromatic N) is 2. The molecule has 9 nitrogen and oxygen atoms in total. The van der Waals surface area contributed by atoms with Gasteiger partial charge in [-0.25, -0.2) is 4.79 Å². The van der Waals surface area contributed by atoms with Gasteiger partial charge in [0.2, 0.25) is 11.8 Å². The number of thioether (sulfide) groups is 1. The molecule has 2 rings (SSSR count). The first-order valence-corrected chi connectivity index (χ1v) is 8.29. The van der Waals surface area contributed by atoms with Crippen molar-refractivity contribution in [2.75, 3.05) is 20.0 Å². The molecule has 1 heterocycles. The number of urea groups is 1. The highest BCUT2D eigenvalue weighted by Gasteiger charge is 2.12. The number of methoxy groups -OCH3 is 2. The molecular weight excluding hydrogens is 348 g/mol. The molecule has 2 aromatic rings. The maximum absolute atomic E-state index is 11.3. The smallest absolute Gasteiger partial charge is 0.318 e. The molecular formula is C15H18N4O5S. The van der Waals surface area contributed by atoms with Crippen molar-refractivity contribution in [3.8, 4) is 23.0 Å². The van der Waals surface area contributed by atoms with Crippen LogP contribution < -0.4 is 20.5 Å². The lowest BCUT2D eigenvalue weighted by Gasteiger charge is -2.05. The van der Waals surface area contributed by atoms with E-state index < -0.39 is 11.9 Å². The monoisotopic (exact) mass is 366 g/mol. The van der Waals surface area contributed by atoms with Gasteiger partial charge in [0.15, 0.2) is 0 Å². The summed E-state index contributed by atoms with van der Waals surface area (Å²) in [6.07, 6.45) is 0.721. The van der Waals surface area contributed by atoms with Crippen molar-refractivity contribution in [1.29, 1.82) is 0 Å². The third-order valence-electron chi connectivity index (χ3n) is 3.04. The van der Waals surface area contributed by atoms with Gasteiger partial charge in [0.25, 0.3) is 5.22 Å². The van der Waals surface area contributed by atoms with Gasteiger partial charge in [-0.3, -0.25) is 10.1 Å². The Labute approximate surface area is 148 Å². The summed E-state index contributed by atoms with van der Waals surface area (Å²) in [5.41, 5.74) is 5.54. The summed E-state index contributed by atoms with van der Waals surface area (Å²) in [6, 6.07) is 4.41. The molecule has 1 aromatic heterocycles. The van der Waals surface area contributed by atoms with Crippen LogP contribution in [0.4, 0.5) is 4.79 Å². The van der Waals surface area contributed by atoms with E-state index in [1.165, 1.54) is 11.8 Å². The van der Waals surface area contributed by atoms with Gasteiger partial charge in [0, 0.05) is 23.8 Å². The summed E-state index contributed by atoms with van der Waals surface area (Å²) in [7, 11) is 3.12. The van der Waals surface area contributed by atoms with Crippen LogP contribution in [0.3, 0.4) is 0 Å². The van der Waals surface area contributed by atoms with Gasteiger partial charge in [-0.2, -0.15) is 0 Å². The number of carbonyl (C=O) groups is 2. The number of rotatable bonds is 8. The maximum atomic E-state index is 11.3. The van der Waals surface area contributed by atoms with E-state index in [9.17, 15) is 9.59 Å². The zero-order chi connectivity index (χ0) is 18.2. The molecule has 0 saturated carbocycles. The summed E-state index contributed by atoms with van der Waals surface area (Å²) in [4.78, 5) is 21.8. The van der Waals surface area contributed by atoms with Crippen LogP contribution in [0.25, 0.3) is 11.5 Å². The van der Waals surface area contributed by atoms with Crippen molar-refractivity contribution in [2.45, 2.75) is 18.1 Å². The van der Waals surface area contributed by atoms with Crippen LogP contribution in [-0.2, 0) is 4.79 Å². The molecule has 0 spiro atoms. The SMILES string of the molecule is COc1cc(OC)cc(-c2nnc(SCCCC(=O)NC(N)=O)o2)c1. The second-order valence-corrected chi connectivity index (χ2v) is 5.89. The molecule has 10 heteroatoms. The Hall–Kier alpha value is -2.75. The van der Waals surface area contributed by atoms with E-state index >= 15 is 0 Å². The van der Waals surface area contributed by atoms with Crippen LogP contribution in [0.15, 0.2) is 27.8 Å². The van der Waals surface area contributed by atoms with Crippen LogP contribution in [0.2, 0.25) is 0 Å². The fraction of sp³-hybridized carbons (Fsp3) is 0.333. The summed E-state index contributed by atoms with van der Waals surface area (Å²) >= 11 is 1.32. The van der Waals surface area contributed by atoms with Gasteiger partial charge in [-0.05, 0) is 18.6 Å². The number of primary amides is 1. The Morgan fingerprint density at radius 1 is 1.20 bits per heavy atom. The molecule has 0 atom stereocenters. The quantitative estimate of drug-likeness (QED) is 0.534. The molecule has 134 valence electrons. The molecule has 0 unspecified atom stereocenters. The van der Waals surface area contributed by atoms with Crippen molar-refractivity contribution in [1.82, 2.24) is 15.5 Å². The van der Waals surface area contributed by atoms with Crippen molar-refractivity contribution < 1.29 is 23.5 Å². The van der Waals surface area contributed by atoms with E-state index in [-0.39, 0.29) is 6.42 Å². The van der Waals surface area contributed by atoms with Gasteiger partial charge in [-0.15, -0.1) is 10.2 Å². The van der Waals surface area contributed by atoms with Crippen LogP contribution in [-0.4, -0.2) is 42.1 Å². The number of aromatic nitrogens is 2. The Morgan fingerprint density at radius 3 is 2.48 bits per heavy atom. The number of hydrogen-bond donors (Lipinski definition) is 2. The minimum Gasteiger partial charge on any atom is -0.497 e. The van der Waals surface area contributed by atoms with Crippen LogP contribution >= 0.6 is 11.8 Å². The largest absolute Gasteiger partial charge is 0.497 e. The van der Waals surface area contributed by atoms with E-state index in [0.717, 1.165) is 0 Å². The van der Waals surface area contributed by atoms with Gasteiger partial charge in [-0.1, -0.05) is 11.8 Å². The van der Waals surface area contributed by atoms with Crippen molar-refractivity contribution in [2.24, 2.45) is 5.73 Å². The Morgan fingerprint density at radius 2 is 1.88 bits per heavy atom. The number of nitrogens with two attached hydrogens (primary N) is 1. The Balaban J connectivity index is 1.92. The van der Waals surface area contributed by atoms with Crippen LogP contribution in [0.5, 0.6) is 11.5 Å². The number of carbonyl (C=O) groups excluding carboxylic acids is 2. The van der Waals surface area contributed by atoms with E-state index in [1.54, 1.807) is 32.4 Å². The van der Waals surface area contributed by atoms with E-state index in [4.69, 9.17) is 19.6 Å². The van der Waals surface area contributed by atoms with Gasteiger partial charge < -0.3 is 19.6 Å². The Bertz CT molecular complexity index is 727. The highest BCUT2D eigenvalue weighted by molar-refractivity contribution is 7.99. The normalized spacial score (nSPS) is 10.3. The highest BCUT2D eigenvalue weighted by atomic mass is 32.2. The topological polar surface area (TPSA) is 130 Å². The van der Waals surface area contributed by atoms with Crippen molar-refractivity contribution in [3.05, 3.63) is 18.2 Å². The third kappa shape index (κ3) is 5.68. The number of benzene rings is 1. The van der Waals surface area contributed by atoms with Gasteiger partial charge in [0.05, 0.1) is 14.2 Å². The lowest BCUT2D eigenvalue weighted by atomic mass is 10.2. The number of imide groups is 1. The molecule has 0 bridgehead atoms. The summed E-state index contributed by atoms with van der Waals surface area (Å²) in [5, 5.41) is 10.3. The average Bonchev–Trinajstić information content (AvgIpc) is 3.06. The van der Waals surface area contributed by atoms with Gasteiger partial charge >= 0.3 is 6.03 Å². The van der Waals surface area contributed by atoms with Crippen LogP contribution in [0.1, 0.15) is 12.8 Å². The predicted octanol–water partition coefficient (Wildman–Crippen LogP) is 1.82. The molecule has 0 aliphatic rings. The molecule has 0 aliphatic carbocycles. The molecule has 3 N–H and O–H groups in total. The highest BCUT2D eigenvalue weighted by Crippen LogP contribution is 2.30. The second-order valence-electron chi connectivity index (χ2n) is 4.84. The summed E-state index contributed by atoms with van der Waals surface area (Å²) in [5.74, 6) is 1.73. The fourth-order valence-electron chi connectivity index (χ4n) is 1.91. The Kier molecular flexibility index (Phi) is 6.63. The molecule has 0 aliphatic heterocycles. The first-order valence-electron chi connectivity index (χ1n) is 7.31. The molecule has 0 radical (unpaired) electrons. The number of hydrogen-bond acceptors (Lipinski definition) is 8. The average molecular weight is 366 g/mol. The number of ether oxygens (including phenoxy) is 2. The van der Waals surface area contributed by atoms with Gasteiger partial charge in [0.1, 0.15) is 11.5 Å². The lowest BCUT2D eigenvalue weighted by Crippen LogP contribution is -2.34. The van der Waals surface area contributed by atoms with Crippen LogP contribution in [0, 0.1) is 0 Å². The van der Waals surface area contributed by atoms with E-state index in [2.05, 4.69) is 10.2 Å². The second kappa shape index (κ2) is 8.92. The van der Waals surface area contributed by atoms with E-state index in [0.29, 0.717) is 40.3 Å². The molecule has 1 aromatic carbocycles. The fourth-order valence-corrected chi connectivity index (χ4v) is 2.61. The minimum atomic E-state index is -0.854. The predicted molar refractivity (Wildman–Crippen MR) is 90.5 cm³/mol. The number of nitrogens with one attached hydrogen (secondary N) is 1. The standard InChI is InChI=1S/C15H18N4O5S/c1-22-10-6-9(7-11(8-10)23-2)13-18-19-15(24-13)25-5-3-4-12(20)17-14(16)21/h6-8H,3-5H2,1-2H3,(H3,16,17,20,21). The van der Waals surface area contributed by atoms with Crippen molar-refractivity contribution in [3.63, 3.8) is 0 Å². The zero-order valence-corrected chi connectivity index (χ0v) is 14.6. The lowest BCUT2D eigenvalue weighted by molar-refractivity contribution is -0.119. The maximum Gasteiger partial charge on any atom is 0.318 e. The third-order valence-corrected chi connectivity index (χ3v) is 3.95. The molecule has 25 heavy (non-hydrogen) atoms. The van der Waals surface area contributed by atoms with E-state index in [1.807, 2.05) is 5.32 Å². The molecule has 0 fully saturated rings. The molecule has 0 saturated heterocycles. The van der Waals surface area contributed by atoms with Crippen molar-refractivity contribution >= 4 is 23.7 Å². The zero-order valence-electron chi connectivity index (χ0n) is 13.8. The molecule has 3 amide bonds. The first kappa shape index (κ1) is 18.6. The number of amides is 3. The summed E-state index contributed by atoms with van der Waals surface area (Å²) < 4.78 is 16.0. The minimum absolute atomic E-state index is 0.185. The first-order chi connectivity index (χ1) is 12.0.